The fraction of sp³-hybridized carbons (Fsp3) is 0.500. The van der Waals surface area contributed by atoms with Gasteiger partial charge in [-0.2, -0.15) is 11.8 Å². The van der Waals surface area contributed by atoms with Crippen LogP contribution in [0.3, 0.4) is 0 Å². The van der Waals surface area contributed by atoms with E-state index in [1.54, 1.807) is 11.8 Å². The monoisotopic (exact) mass is 288 g/mol. The minimum absolute atomic E-state index is 0.0965. The quantitative estimate of drug-likeness (QED) is 0.522. The zero-order valence-corrected chi connectivity index (χ0v) is 11.6. The third-order valence-corrected chi connectivity index (χ3v) is 5.82. The number of rotatable bonds is 6. The number of sulfonamides is 1. The molecule has 0 saturated heterocycles. The highest BCUT2D eigenvalue weighted by Gasteiger charge is 2.42. The SMILES string of the molecule is CSC1(CNS(=O)(=O)c2ccc(NN)nc2)CC1. The Morgan fingerprint density at radius 3 is 2.67 bits per heavy atom. The van der Waals surface area contributed by atoms with Gasteiger partial charge < -0.3 is 5.43 Å². The maximum Gasteiger partial charge on any atom is 0.242 e. The van der Waals surface area contributed by atoms with Crippen LogP contribution in [0.5, 0.6) is 0 Å². The van der Waals surface area contributed by atoms with Gasteiger partial charge >= 0.3 is 0 Å². The lowest BCUT2D eigenvalue weighted by Crippen LogP contribution is -2.31. The molecular formula is C10H16N4O2S2. The topological polar surface area (TPSA) is 97.1 Å². The van der Waals surface area contributed by atoms with E-state index in [1.165, 1.54) is 18.3 Å². The lowest BCUT2D eigenvalue weighted by atomic mass is 10.4. The highest BCUT2D eigenvalue weighted by Crippen LogP contribution is 2.46. The molecule has 0 aliphatic heterocycles. The molecule has 0 atom stereocenters. The molecule has 1 aliphatic carbocycles. The van der Waals surface area contributed by atoms with E-state index in [4.69, 9.17) is 5.84 Å². The van der Waals surface area contributed by atoms with E-state index in [-0.39, 0.29) is 9.64 Å². The molecule has 6 nitrogen and oxygen atoms in total. The zero-order chi connectivity index (χ0) is 13.2. The summed E-state index contributed by atoms with van der Waals surface area (Å²) in [6.45, 7) is 0.466. The summed E-state index contributed by atoms with van der Waals surface area (Å²) in [7, 11) is -3.48. The molecule has 0 amide bonds. The number of aromatic nitrogens is 1. The van der Waals surface area contributed by atoms with Crippen molar-refractivity contribution in [1.29, 1.82) is 0 Å². The molecule has 1 fully saturated rings. The van der Waals surface area contributed by atoms with E-state index < -0.39 is 10.0 Å². The molecule has 1 aromatic heterocycles. The minimum Gasteiger partial charge on any atom is -0.308 e. The van der Waals surface area contributed by atoms with Crippen LogP contribution in [-0.4, -0.2) is 30.9 Å². The van der Waals surface area contributed by atoms with Crippen molar-refractivity contribution >= 4 is 27.6 Å². The number of hydrogen-bond donors (Lipinski definition) is 3. The van der Waals surface area contributed by atoms with Crippen LogP contribution in [0.4, 0.5) is 5.82 Å². The Morgan fingerprint density at radius 1 is 1.50 bits per heavy atom. The summed E-state index contributed by atoms with van der Waals surface area (Å²) in [5.41, 5.74) is 2.35. The van der Waals surface area contributed by atoms with Crippen LogP contribution in [0.1, 0.15) is 12.8 Å². The van der Waals surface area contributed by atoms with Crippen LogP contribution in [-0.2, 0) is 10.0 Å². The predicted octanol–water partition coefficient (Wildman–Crippen LogP) is 0.541. The second-order valence-corrected chi connectivity index (χ2v) is 7.28. The normalized spacial score (nSPS) is 17.4. The molecule has 8 heteroatoms. The van der Waals surface area contributed by atoms with Crippen LogP contribution in [0.2, 0.25) is 0 Å². The highest BCUT2D eigenvalue weighted by molar-refractivity contribution is 8.00. The summed E-state index contributed by atoms with van der Waals surface area (Å²) in [6, 6.07) is 3.00. The van der Waals surface area contributed by atoms with Gasteiger partial charge in [-0.1, -0.05) is 0 Å². The third kappa shape index (κ3) is 2.94. The van der Waals surface area contributed by atoms with Gasteiger partial charge in [0.05, 0.1) is 0 Å². The largest absolute Gasteiger partial charge is 0.308 e. The number of nitrogens with zero attached hydrogens (tertiary/aromatic N) is 1. The zero-order valence-electron chi connectivity index (χ0n) is 10.0. The van der Waals surface area contributed by atoms with Gasteiger partial charge in [-0.3, -0.25) is 0 Å². The summed E-state index contributed by atoms with van der Waals surface area (Å²) < 4.78 is 26.7. The van der Waals surface area contributed by atoms with Gasteiger partial charge in [-0.25, -0.2) is 24.0 Å². The summed E-state index contributed by atoms with van der Waals surface area (Å²) in [4.78, 5) is 4.03. The molecular weight excluding hydrogens is 272 g/mol. The van der Waals surface area contributed by atoms with Crippen molar-refractivity contribution in [3.05, 3.63) is 18.3 Å². The Hall–Kier alpha value is -0.830. The van der Waals surface area contributed by atoms with Crippen molar-refractivity contribution in [3.8, 4) is 0 Å². The Labute approximate surface area is 111 Å². The summed E-state index contributed by atoms with van der Waals surface area (Å²) in [5.74, 6) is 5.60. The lowest BCUT2D eigenvalue weighted by Gasteiger charge is -2.13. The van der Waals surface area contributed by atoms with E-state index in [2.05, 4.69) is 15.1 Å². The van der Waals surface area contributed by atoms with Crippen molar-refractivity contribution in [2.75, 3.05) is 18.2 Å². The van der Waals surface area contributed by atoms with E-state index in [1.807, 2.05) is 6.26 Å². The van der Waals surface area contributed by atoms with Gasteiger partial charge in [-0.05, 0) is 31.2 Å². The average Bonchev–Trinajstić information content (AvgIpc) is 3.17. The standard InChI is InChI=1S/C10H16N4O2S2/c1-17-10(4-5-10)7-13-18(15,16)8-2-3-9(14-11)12-6-8/h2-3,6,13H,4-5,7,11H2,1H3,(H,12,14). The average molecular weight is 288 g/mol. The fourth-order valence-corrected chi connectivity index (χ4v) is 3.42. The molecule has 18 heavy (non-hydrogen) atoms. The van der Waals surface area contributed by atoms with Crippen LogP contribution in [0.15, 0.2) is 23.2 Å². The fourth-order valence-electron chi connectivity index (χ4n) is 1.53. The van der Waals surface area contributed by atoms with Gasteiger partial charge in [0, 0.05) is 17.5 Å². The smallest absolute Gasteiger partial charge is 0.242 e. The first-order valence-corrected chi connectivity index (χ1v) is 8.20. The maximum absolute atomic E-state index is 12.0. The maximum atomic E-state index is 12.0. The molecule has 4 N–H and O–H groups in total. The molecule has 0 bridgehead atoms. The Morgan fingerprint density at radius 2 is 2.22 bits per heavy atom. The summed E-state index contributed by atoms with van der Waals surface area (Å²) >= 11 is 1.71. The molecule has 0 radical (unpaired) electrons. The first kappa shape index (κ1) is 13.6. The Kier molecular flexibility index (Phi) is 3.81. The van der Waals surface area contributed by atoms with Crippen molar-refractivity contribution < 1.29 is 8.42 Å². The molecule has 1 heterocycles. The molecule has 0 spiro atoms. The van der Waals surface area contributed by atoms with Crippen molar-refractivity contribution in [2.45, 2.75) is 22.5 Å². The second kappa shape index (κ2) is 5.04. The number of hydrazine groups is 1. The number of hydrogen-bond acceptors (Lipinski definition) is 6. The van der Waals surface area contributed by atoms with E-state index >= 15 is 0 Å². The van der Waals surface area contributed by atoms with Crippen LogP contribution in [0.25, 0.3) is 0 Å². The van der Waals surface area contributed by atoms with Gasteiger partial charge in [0.15, 0.2) is 0 Å². The lowest BCUT2D eigenvalue weighted by molar-refractivity contribution is 0.579. The highest BCUT2D eigenvalue weighted by atomic mass is 32.2. The number of pyridine rings is 1. The van der Waals surface area contributed by atoms with Gasteiger partial charge in [0.1, 0.15) is 10.7 Å². The second-order valence-electron chi connectivity index (χ2n) is 4.24. The number of nitrogens with two attached hydrogens (primary N) is 1. The first-order valence-electron chi connectivity index (χ1n) is 5.49. The number of nitrogens with one attached hydrogen (secondary N) is 2. The molecule has 100 valence electrons. The van der Waals surface area contributed by atoms with Crippen molar-refractivity contribution in [3.63, 3.8) is 0 Å². The number of thioether (sulfide) groups is 1. The molecule has 1 saturated carbocycles. The van der Waals surface area contributed by atoms with Crippen molar-refractivity contribution in [1.82, 2.24) is 9.71 Å². The van der Waals surface area contributed by atoms with Gasteiger partial charge in [0.2, 0.25) is 10.0 Å². The predicted molar refractivity (Wildman–Crippen MR) is 72.7 cm³/mol. The van der Waals surface area contributed by atoms with Crippen molar-refractivity contribution in [2.24, 2.45) is 5.84 Å². The number of anilines is 1. The molecule has 2 rings (SSSR count). The molecule has 1 aromatic rings. The summed E-state index contributed by atoms with van der Waals surface area (Å²) in [6.07, 6.45) is 5.41. The van der Waals surface area contributed by atoms with E-state index in [0.717, 1.165) is 12.8 Å². The molecule has 0 aromatic carbocycles. The van der Waals surface area contributed by atoms with Crippen LogP contribution in [0, 0.1) is 0 Å². The Balaban J connectivity index is 2.05. The van der Waals surface area contributed by atoms with E-state index in [0.29, 0.717) is 12.4 Å². The number of nitrogen functional groups attached to an aromatic ring is 1. The molecule has 1 aliphatic rings. The molecule has 0 unspecified atom stereocenters. The van der Waals surface area contributed by atoms with E-state index in [9.17, 15) is 8.42 Å². The van der Waals surface area contributed by atoms with Gasteiger partial charge in [0.25, 0.3) is 0 Å². The Bertz CT molecular complexity index is 511. The van der Waals surface area contributed by atoms with Crippen LogP contribution < -0.4 is 16.0 Å². The summed E-state index contributed by atoms with van der Waals surface area (Å²) in [5, 5.41) is 0. The van der Waals surface area contributed by atoms with Crippen LogP contribution >= 0.6 is 11.8 Å². The minimum atomic E-state index is -3.48. The van der Waals surface area contributed by atoms with Gasteiger partial charge in [-0.15, -0.1) is 0 Å². The first-order chi connectivity index (χ1) is 8.51. The third-order valence-electron chi connectivity index (χ3n) is 3.02.